The van der Waals surface area contributed by atoms with Gasteiger partial charge >= 0.3 is 0 Å². The molecule has 2 aromatic rings. The van der Waals surface area contributed by atoms with E-state index in [1.54, 1.807) is 6.33 Å². The first-order valence-corrected chi connectivity index (χ1v) is 7.90. The molecule has 1 fully saturated rings. The topological polar surface area (TPSA) is 42.7 Å². The van der Waals surface area contributed by atoms with E-state index >= 15 is 0 Å². The van der Waals surface area contributed by atoms with Crippen LogP contribution < -0.4 is 5.32 Å². The third kappa shape index (κ3) is 3.43. The van der Waals surface area contributed by atoms with Crippen molar-refractivity contribution in [3.05, 3.63) is 30.6 Å². The molecule has 1 aromatic carbocycles. The number of benzene rings is 1. The monoisotopic (exact) mass is 284 g/mol. The van der Waals surface area contributed by atoms with Crippen LogP contribution in [0.2, 0.25) is 0 Å². The maximum atomic E-state index is 4.14. The number of rotatable bonds is 4. The second-order valence-corrected chi connectivity index (χ2v) is 6.36. The second kappa shape index (κ2) is 6.29. The lowest BCUT2D eigenvalue weighted by molar-refractivity contribution is 0.293. The molecule has 1 aromatic heterocycles. The summed E-state index contributed by atoms with van der Waals surface area (Å²) in [5.41, 5.74) is 2.30. The van der Waals surface area contributed by atoms with Gasteiger partial charge in [0.05, 0.1) is 0 Å². The largest absolute Gasteiger partial charge is 0.385 e. The van der Waals surface area contributed by atoms with Crippen LogP contribution in [0.5, 0.6) is 0 Å². The summed E-state index contributed by atoms with van der Waals surface area (Å²) in [7, 11) is 1.96. The van der Waals surface area contributed by atoms with Crippen LogP contribution in [0.3, 0.4) is 0 Å². The molecule has 4 heteroatoms. The van der Waals surface area contributed by atoms with Crippen molar-refractivity contribution in [3.8, 4) is 11.4 Å². The molecule has 1 aliphatic rings. The maximum absolute atomic E-state index is 4.14. The van der Waals surface area contributed by atoms with Gasteiger partial charge in [0, 0.05) is 24.8 Å². The fraction of sp³-hybridized carbons (Fsp3) is 0.529. The van der Waals surface area contributed by atoms with Gasteiger partial charge in [0.2, 0.25) is 0 Å². The molecule has 1 saturated carbocycles. The highest BCUT2D eigenvalue weighted by Crippen LogP contribution is 2.29. The number of nitrogens with one attached hydrogen (secondary N) is 1. The average molecular weight is 284 g/mol. The molecule has 0 aliphatic heterocycles. The Labute approximate surface area is 126 Å². The first kappa shape index (κ1) is 14.1. The number of anilines is 1. The van der Waals surface area contributed by atoms with Gasteiger partial charge in [-0.2, -0.15) is 0 Å². The summed E-state index contributed by atoms with van der Waals surface area (Å²) in [6, 6.07) is 8.48. The second-order valence-electron chi connectivity index (χ2n) is 6.36. The molecule has 1 N–H and O–H groups in total. The number of aryl methyl sites for hydroxylation is 1. The SMILES string of the molecule is CC1CCCC(CNc2ccc(-c3nncn3C)cc2)C1. The van der Waals surface area contributed by atoms with Crippen molar-refractivity contribution in [2.75, 3.05) is 11.9 Å². The van der Waals surface area contributed by atoms with Crippen LogP contribution in [0.15, 0.2) is 30.6 Å². The molecule has 0 amide bonds. The molecule has 2 unspecified atom stereocenters. The van der Waals surface area contributed by atoms with Crippen molar-refractivity contribution in [1.82, 2.24) is 14.8 Å². The Bertz CT molecular complexity index is 573. The zero-order chi connectivity index (χ0) is 14.7. The Morgan fingerprint density at radius 3 is 2.71 bits per heavy atom. The Kier molecular flexibility index (Phi) is 4.23. The molecule has 112 valence electrons. The summed E-state index contributed by atoms with van der Waals surface area (Å²) in [5.74, 6) is 2.62. The van der Waals surface area contributed by atoms with Gasteiger partial charge in [0.1, 0.15) is 6.33 Å². The fourth-order valence-corrected chi connectivity index (χ4v) is 3.29. The van der Waals surface area contributed by atoms with E-state index in [9.17, 15) is 0 Å². The predicted octanol–water partition coefficient (Wildman–Crippen LogP) is 3.72. The van der Waals surface area contributed by atoms with Crippen LogP contribution in [0.25, 0.3) is 11.4 Å². The van der Waals surface area contributed by atoms with E-state index < -0.39 is 0 Å². The molecular weight excluding hydrogens is 260 g/mol. The van der Waals surface area contributed by atoms with E-state index in [1.165, 1.54) is 31.4 Å². The molecule has 4 nitrogen and oxygen atoms in total. The smallest absolute Gasteiger partial charge is 0.163 e. The third-order valence-corrected chi connectivity index (χ3v) is 4.49. The lowest BCUT2D eigenvalue weighted by Gasteiger charge is -2.27. The van der Waals surface area contributed by atoms with Crippen molar-refractivity contribution in [1.29, 1.82) is 0 Å². The molecular formula is C17H24N4. The van der Waals surface area contributed by atoms with Crippen molar-refractivity contribution in [2.24, 2.45) is 18.9 Å². The van der Waals surface area contributed by atoms with Gasteiger partial charge in [-0.05, 0) is 48.9 Å². The number of aromatic nitrogens is 3. The van der Waals surface area contributed by atoms with Crippen LogP contribution in [0.4, 0.5) is 5.69 Å². The Balaban J connectivity index is 1.58. The van der Waals surface area contributed by atoms with Crippen molar-refractivity contribution >= 4 is 5.69 Å². The predicted molar refractivity (Wildman–Crippen MR) is 86.1 cm³/mol. The van der Waals surface area contributed by atoms with Crippen LogP contribution in [0, 0.1) is 11.8 Å². The molecule has 0 spiro atoms. The van der Waals surface area contributed by atoms with Crippen molar-refractivity contribution in [2.45, 2.75) is 32.6 Å². The minimum atomic E-state index is 0.826. The van der Waals surface area contributed by atoms with Crippen molar-refractivity contribution < 1.29 is 0 Å². The maximum Gasteiger partial charge on any atom is 0.163 e. The Hall–Kier alpha value is -1.84. The van der Waals surface area contributed by atoms with Gasteiger partial charge in [0.15, 0.2) is 5.82 Å². The molecule has 0 saturated heterocycles. The quantitative estimate of drug-likeness (QED) is 0.930. The lowest BCUT2D eigenvalue weighted by Crippen LogP contribution is -2.20. The van der Waals surface area contributed by atoms with Crippen LogP contribution in [-0.4, -0.2) is 21.3 Å². The molecule has 3 rings (SSSR count). The Morgan fingerprint density at radius 1 is 1.24 bits per heavy atom. The summed E-state index contributed by atoms with van der Waals surface area (Å²) in [6.45, 7) is 3.47. The highest BCUT2D eigenvalue weighted by Gasteiger charge is 2.18. The normalized spacial score (nSPS) is 22.2. The van der Waals surface area contributed by atoms with Gasteiger partial charge < -0.3 is 9.88 Å². The zero-order valence-corrected chi connectivity index (χ0v) is 12.9. The third-order valence-electron chi connectivity index (χ3n) is 4.49. The summed E-state index contributed by atoms with van der Waals surface area (Å²) in [4.78, 5) is 0. The Morgan fingerprint density at radius 2 is 2.05 bits per heavy atom. The number of nitrogens with zero attached hydrogens (tertiary/aromatic N) is 3. The van der Waals surface area contributed by atoms with E-state index in [2.05, 4.69) is 46.7 Å². The first-order valence-electron chi connectivity index (χ1n) is 7.90. The van der Waals surface area contributed by atoms with E-state index in [0.717, 1.165) is 29.8 Å². The van der Waals surface area contributed by atoms with Gasteiger partial charge in [-0.3, -0.25) is 0 Å². The van der Waals surface area contributed by atoms with Crippen molar-refractivity contribution in [3.63, 3.8) is 0 Å². The van der Waals surface area contributed by atoms with E-state index in [0.29, 0.717) is 0 Å². The summed E-state index contributed by atoms with van der Waals surface area (Å²) >= 11 is 0. The fourth-order valence-electron chi connectivity index (χ4n) is 3.29. The summed E-state index contributed by atoms with van der Waals surface area (Å²) in [5, 5.41) is 11.6. The minimum absolute atomic E-state index is 0.826. The highest BCUT2D eigenvalue weighted by molar-refractivity contribution is 5.59. The number of hydrogen-bond donors (Lipinski definition) is 1. The molecule has 1 heterocycles. The highest BCUT2D eigenvalue weighted by atomic mass is 15.2. The van der Waals surface area contributed by atoms with Gasteiger partial charge in [-0.15, -0.1) is 10.2 Å². The summed E-state index contributed by atoms with van der Waals surface area (Å²) < 4.78 is 1.94. The molecule has 0 radical (unpaired) electrons. The van der Waals surface area contributed by atoms with E-state index in [1.807, 2.05) is 11.6 Å². The lowest BCUT2D eigenvalue weighted by atomic mass is 9.82. The van der Waals surface area contributed by atoms with Gasteiger partial charge in [-0.25, -0.2) is 0 Å². The average Bonchev–Trinajstić information content (AvgIpc) is 2.92. The first-order chi connectivity index (χ1) is 10.2. The van der Waals surface area contributed by atoms with Crippen LogP contribution >= 0.6 is 0 Å². The molecule has 21 heavy (non-hydrogen) atoms. The van der Waals surface area contributed by atoms with E-state index in [-0.39, 0.29) is 0 Å². The number of hydrogen-bond acceptors (Lipinski definition) is 3. The van der Waals surface area contributed by atoms with E-state index in [4.69, 9.17) is 0 Å². The van der Waals surface area contributed by atoms with Crippen LogP contribution in [0.1, 0.15) is 32.6 Å². The minimum Gasteiger partial charge on any atom is -0.385 e. The standard InChI is InChI=1S/C17H24N4/c1-13-4-3-5-14(10-13)11-18-16-8-6-15(7-9-16)17-20-19-12-21(17)2/h6-9,12-14,18H,3-5,10-11H2,1-2H3. The van der Waals surface area contributed by atoms with Gasteiger partial charge in [0.25, 0.3) is 0 Å². The molecule has 2 atom stereocenters. The zero-order valence-electron chi connectivity index (χ0n) is 12.9. The molecule has 1 aliphatic carbocycles. The summed E-state index contributed by atoms with van der Waals surface area (Å²) in [6.07, 6.45) is 7.26. The molecule has 0 bridgehead atoms. The van der Waals surface area contributed by atoms with Crippen LogP contribution in [-0.2, 0) is 7.05 Å². The van der Waals surface area contributed by atoms with Gasteiger partial charge in [-0.1, -0.05) is 19.8 Å².